The van der Waals surface area contributed by atoms with E-state index in [0.717, 1.165) is 74.0 Å². The third-order valence-corrected chi connectivity index (χ3v) is 7.97. The van der Waals surface area contributed by atoms with Crippen LogP contribution in [0.2, 0.25) is 0 Å². The van der Waals surface area contributed by atoms with Crippen LogP contribution in [-0.4, -0.2) is 85.2 Å². The average molecular weight is 599 g/mol. The molecule has 10 nitrogen and oxygen atoms in total. The highest BCUT2D eigenvalue weighted by molar-refractivity contribution is 5.96. The number of fused-ring (bicyclic) bond motifs is 2. The molecule has 232 valence electrons. The number of hydrogen-bond acceptors (Lipinski definition) is 7. The van der Waals surface area contributed by atoms with Crippen LogP contribution >= 0.6 is 0 Å². The van der Waals surface area contributed by atoms with E-state index in [2.05, 4.69) is 44.5 Å². The van der Waals surface area contributed by atoms with Crippen molar-refractivity contribution >= 4 is 39.6 Å². The van der Waals surface area contributed by atoms with Gasteiger partial charge in [-0.15, -0.1) is 0 Å². The lowest BCUT2D eigenvalue weighted by atomic mass is 10.1. The lowest BCUT2D eigenvalue weighted by Crippen LogP contribution is -2.46. The van der Waals surface area contributed by atoms with E-state index in [-0.39, 0.29) is 18.2 Å². The first kappa shape index (κ1) is 31.0. The van der Waals surface area contributed by atoms with Crippen LogP contribution in [0.5, 0.6) is 0 Å². The molecule has 1 aliphatic heterocycles. The molecular weight excluding hydrogens is 556 g/mol. The predicted molar refractivity (Wildman–Crippen MR) is 172 cm³/mol. The Morgan fingerprint density at radius 2 is 1.89 bits per heavy atom. The summed E-state index contributed by atoms with van der Waals surface area (Å²) < 4.78 is 11.2. The summed E-state index contributed by atoms with van der Waals surface area (Å²) in [7, 11) is 1.64. The second kappa shape index (κ2) is 13.4. The number of aromatic nitrogens is 1. The van der Waals surface area contributed by atoms with E-state index in [4.69, 9.17) is 9.15 Å². The number of carbonyl (C=O) groups excluding carboxylic acids is 2. The molecule has 10 heteroatoms. The van der Waals surface area contributed by atoms with E-state index in [1.54, 1.807) is 13.1 Å². The van der Waals surface area contributed by atoms with Crippen molar-refractivity contribution in [3.8, 4) is 6.07 Å². The molecule has 0 atom stereocenters. The number of H-pyrrole nitrogens is 1. The van der Waals surface area contributed by atoms with Gasteiger partial charge in [-0.05, 0) is 94.6 Å². The second-order valence-corrected chi connectivity index (χ2v) is 12.5. The largest absolute Gasteiger partial charge is 0.451 e. The van der Waals surface area contributed by atoms with Gasteiger partial charge < -0.3 is 29.3 Å². The van der Waals surface area contributed by atoms with Crippen LogP contribution < -0.4 is 10.2 Å². The van der Waals surface area contributed by atoms with Gasteiger partial charge in [-0.2, -0.15) is 5.26 Å². The summed E-state index contributed by atoms with van der Waals surface area (Å²) in [5.74, 6) is -0.0643. The number of likely N-dealkylation sites (N-methyl/N-ethyl adjacent to an activating group) is 1. The van der Waals surface area contributed by atoms with E-state index >= 15 is 0 Å². The zero-order valence-electron chi connectivity index (χ0n) is 26.1. The summed E-state index contributed by atoms with van der Waals surface area (Å²) in [5, 5.41) is 14.1. The molecule has 2 aromatic carbocycles. The summed E-state index contributed by atoms with van der Waals surface area (Å²) >= 11 is 0. The first-order valence-electron chi connectivity index (χ1n) is 15.3. The van der Waals surface area contributed by atoms with Gasteiger partial charge in [0.25, 0.3) is 5.91 Å². The molecule has 0 bridgehead atoms. The molecule has 0 saturated carbocycles. The highest BCUT2D eigenvalue weighted by Crippen LogP contribution is 2.26. The number of furan rings is 1. The van der Waals surface area contributed by atoms with Crippen LogP contribution in [0.1, 0.15) is 55.3 Å². The first-order valence-corrected chi connectivity index (χ1v) is 15.3. The maximum atomic E-state index is 12.7. The molecule has 4 aromatic rings. The van der Waals surface area contributed by atoms with Crippen LogP contribution in [-0.2, 0) is 11.2 Å². The van der Waals surface area contributed by atoms with Gasteiger partial charge in [-0.3, -0.25) is 9.69 Å². The van der Waals surface area contributed by atoms with E-state index in [1.165, 1.54) is 10.5 Å². The summed E-state index contributed by atoms with van der Waals surface area (Å²) in [4.78, 5) is 34.5. The molecule has 0 spiro atoms. The van der Waals surface area contributed by atoms with Gasteiger partial charge in [0.2, 0.25) is 0 Å². The normalized spacial score (nSPS) is 14.1. The third kappa shape index (κ3) is 7.71. The van der Waals surface area contributed by atoms with E-state index in [9.17, 15) is 14.9 Å². The number of piperazine rings is 1. The fourth-order valence-corrected chi connectivity index (χ4v) is 5.53. The molecule has 0 radical (unpaired) electrons. The average Bonchev–Trinajstić information content (AvgIpc) is 3.62. The number of nitrogens with zero attached hydrogens (tertiary/aromatic N) is 4. The summed E-state index contributed by atoms with van der Waals surface area (Å²) in [6.45, 7) is 11.0. The smallest absolute Gasteiger partial charge is 0.410 e. The molecule has 3 heterocycles. The van der Waals surface area contributed by atoms with Gasteiger partial charge in [0.05, 0.1) is 11.6 Å². The van der Waals surface area contributed by atoms with Crippen LogP contribution in [0.25, 0.3) is 21.9 Å². The predicted octanol–water partition coefficient (Wildman–Crippen LogP) is 5.53. The van der Waals surface area contributed by atoms with Gasteiger partial charge in [-0.25, -0.2) is 4.79 Å². The highest BCUT2D eigenvalue weighted by atomic mass is 16.6. The Bertz CT molecular complexity index is 1650. The first-order chi connectivity index (χ1) is 21.1. The van der Waals surface area contributed by atoms with Gasteiger partial charge in [0, 0.05) is 74.5 Å². The SMILES string of the molecule is CN(CCNC(=O)c1cc2cc(N3CCN(CCCCc4c[nH]c5ccc(C#N)cc45)CC3)ccc2o1)C(=O)OC(C)(C)C. The molecule has 5 rings (SSSR count). The van der Waals surface area contributed by atoms with Gasteiger partial charge >= 0.3 is 6.09 Å². The van der Waals surface area contributed by atoms with Crippen molar-refractivity contribution in [2.75, 3.05) is 57.8 Å². The number of nitrogens with one attached hydrogen (secondary N) is 2. The number of aryl methyl sites for hydroxylation is 1. The Morgan fingerprint density at radius 3 is 2.64 bits per heavy atom. The van der Waals surface area contributed by atoms with Gasteiger partial charge in [0.1, 0.15) is 11.2 Å². The summed E-state index contributed by atoms with van der Waals surface area (Å²) in [6.07, 6.45) is 4.89. The van der Waals surface area contributed by atoms with Gasteiger partial charge in [0.15, 0.2) is 5.76 Å². The molecular formula is C34H42N6O4. The molecule has 0 aliphatic carbocycles. The Hall–Kier alpha value is -4.49. The van der Waals surface area contributed by atoms with Crippen molar-refractivity contribution in [2.45, 2.75) is 45.6 Å². The number of unbranched alkanes of at least 4 members (excludes halogenated alkanes) is 1. The maximum absolute atomic E-state index is 12.7. The molecule has 2 amide bonds. The Kier molecular flexibility index (Phi) is 9.45. The monoisotopic (exact) mass is 598 g/mol. The highest BCUT2D eigenvalue weighted by Gasteiger charge is 2.21. The van der Waals surface area contributed by atoms with Crippen molar-refractivity contribution in [1.29, 1.82) is 5.26 Å². The molecule has 2 N–H and O–H groups in total. The van der Waals surface area contributed by atoms with E-state index < -0.39 is 11.7 Å². The Balaban J connectivity index is 1.05. The molecule has 44 heavy (non-hydrogen) atoms. The zero-order chi connectivity index (χ0) is 31.3. The molecule has 1 aliphatic rings. The lowest BCUT2D eigenvalue weighted by molar-refractivity contribution is 0.0299. The number of carbonyl (C=O) groups is 2. The third-order valence-electron chi connectivity index (χ3n) is 7.97. The van der Waals surface area contributed by atoms with Gasteiger partial charge in [-0.1, -0.05) is 0 Å². The number of hydrogen-bond donors (Lipinski definition) is 2. The summed E-state index contributed by atoms with van der Waals surface area (Å²) in [6, 6.07) is 15.9. The number of amides is 2. The van der Waals surface area contributed by atoms with Crippen molar-refractivity contribution in [1.82, 2.24) is 20.1 Å². The molecule has 1 saturated heterocycles. The lowest BCUT2D eigenvalue weighted by Gasteiger charge is -2.36. The standard InChI is InChI=1S/C34H42N6O4/c1-34(2,3)44-33(42)38(4)14-12-36-32(41)31-21-26-20-27(9-11-30(26)43-31)40-17-15-39(16-18-40)13-6-5-7-25-23-37-29-10-8-24(22-35)19-28(25)29/h8-11,19-21,23,37H,5-7,12-18H2,1-4H3,(H,36,41). The maximum Gasteiger partial charge on any atom is 0.410 e. The van der Waals surface area contributed by atoms with E-state index in [0.29, 0.717) is 17.7 Å². The molecule has 0 unspecified atom stereocenters. The second-order valence-electron chi connectivity index (χ2n) is 12.5. The van der Waals surface area contributed by atoms with Crippen molar-refractivity contribution in [2.24, 2.45) is 0 Å². The number of aromatic amines is 1. The molecule has 2 aromatic heterocycles. The minimum atomic E-state index is -0.569. The Morgan fingerprint density at radius 1 is 1.09 bits per heavy atom. The number of ether oxygens (including phenoxy) is 1. The van der Waals surface area contributed by atoms with Crippen molar-refractivity contribution < 1.29 is 18.7 Å². The quantitative estimate of drug-likeness (QED) is 0.231. The van der Waals surface area contributed by atoms with Crippen LogP contribution in [0.3, 0.4) is 0 Å². The fourth-order valence-electron chi connectivity index (χ4n) is 5.53. The number of anilines is 1. The molecule has 1 fully saturated rings. The number of benzene rings is 2. The minimum Gasteiger partial charge on any atom is -0.451 e. The zero-order valence-corrected chi connectivity index (χ0v) is 26.1. The fraction of sp³-hybridized carbons (Fsp3) is 0.441. The van der Waals surface area contributed by atoms with E-state index in [1.807, 2.05) is 45.0 Å². The van der Waals surface area contributed by atoms with Crippen molar-refractivity contribution in [3.05, 3.63) is 65.5 Å². The number of nitriles is 1. The summed E-state index contributed by atoms with van der Waals surface area (Å²) in [5.41, 5.74) is 4.29. The van der Waals surface area contributed by atoms with Crippen LogP contribution in [0, 0.1) is 11.3 Å². The number of rotatable bonds is 10. The minimum absolute atomic E-state index is 0.250. The van der Waals surface area contributed by atoms with Crippen LogP contribution in [0.15, 0.2) is 53.1 Å². The van der Waals surface area contributed by atoms with Crippen LogP contribution in [0.4, 0.5) is 10.5 Å². The van der Waals surface area contributed by atoms with Crippen molar-refractivity contribution in [3.63, 3.8) is 0 Å². The Labute approximate surface area is 258 Å². The topological polar surface area (TPSA) is 118 Å².